The van der Waals surface area contributed by atoms with Gasteiger partial charge >= 0.3 is 32.7 Å². The van der Waals surface area contributed by atoms with Crippen LogP contribution in [0.1, 0.15) is 6.42 Å². The molecule has 0 atom stereocenters. The molecule has 0 aliphatic heterocycles. The Morgan fingerprint density at radius 1 is 0.810 bits per heavy atom. The Labute approximate surface area is 141 Å². The molecule has 2 aromatic carbocycles. The molecule has 0 saturated heterocycles. The molecule has 21 heavy (non-hydrogen) atoms. The van der Waals surface area contributed by atoms with E-state index in [0.29, 0.717) is 0 Å². The van der Waals surface area contributed by atoms with Crippen molar-refractivity contribution in [2.45, 2.75) is 15.6 Å². The summed E-state index contributed by atoms with van der Waals surface area (Å²) in [7, 11) is -0.779. The average Bonchev–Trinajstić information content (AvgIpc) is 3.05. The Balaban J connectivity index is 0.000000497. The van der Waals surface area contributed by atoms with E-state index in [4.69, 9.17) is 0 Å². The molecule has 0 heterocycles. The van der Waals surface area contributed by atoms with Gasteiger partial charge in [-0.3, -0.25) is 0 Å². The van der Waals surface area contributed by atoms with Crippen LogP contribution in [0.15, 0.2) is 84.2 Å². The second-order valence-electron chi connectivity index (χ2n) is 4.88. The molecule has 0 N–H and O–H groups in total. The van der Waals surface area contributed by atoms with Crippen molar-refractivity contribution in [3.8, 4) is 0 Å². The van der Waals surface area contributed by atoms with Gasteiger partial charge in [0.2, 0.25) is 0 Å². The zero-order chi connectivity index (χ0) is 14.9. The predicted octanol–water partition coefficient (Wildman–Crippen LogP) is 4.21. The molecule has 0 amide bonds. The van der Waals surface area contributed by atoms with Crippen LogP contribution in [-0.4, -0.2) is 23.6 Å². The number of hydrogen-bond donors (Lipinski definition) is 0. The molecule has 1 aliphatic rings. The van der Waals surface area contributed by atoms with Crippen molar-refractivity contribution in [2.24, 2.45) is 0 Å². The Hall–Kier alpha value is -0.754. The molecule has 1 aliphatic carbocycles. The number of allylic oxidation sites excluding steroid dienone is 4. The molecule has 0 saturated carbocycles. The molecule has 3 rings (SSSR count). The quantitative estimate of drug-likeness (QED) is 0.565. The van der Waals surface area contributed by atoms with Gasteiger partial charge in [0.25, 0.3) is 0 Å². The summed E-state index contributed by atoms with van der Waals surface area (Å²) < 4.78 is 4.61. The van der Waals surface area contributed by atoms with Gasteiger partial charge in [0, 0.05) is 6.42 Å². The first-order chi connectivity index (χ1) is 10.4. The standard InChI is InChI=1S/C17H15P.2CH3.Po.H/c1-3-9-15(10-4-1)18(17-13-7-8-14-17)16-11-5-2-6-12-16;;;;/h1-13H,14H2;2*1H3;;/p+1. The second-order valence-corrected chi connectivity index (χ2v) is 10.9. The molecular weight excluding hydrogens is 468 g/mol. The van der Waals surface area contributed by atoms with Crippen molar-refractivity contribution in [2.75, 3.05) is 0 Å². The first-order valence-electron chi connectivity index (χ1n) is 7.18. The van der Waals surface area contributed by atoms with Crippen molar-refractivity contribution in [3.05, 3.63) is 84.2 Å². The third kappa shape index (κ3) is 4.88. The molecule has 0 nitrogen and oxygen atoms in total. The molecule has 2 heteroatoms. The fourth-order valence-corrected chi connectivity index (χ4v) is 5.09. The predicted molar refractivity (Wildman–Crippen MR) is 101 cm³/mol. The van der Waals surface area contributed by atoms with Gasteiger partial charge in [-0.1, -0.05) is 48.6 Å². The summed E-state index contributed by atoms with van der Waals surface area (Å²) in [6.45, 7) is 0. The first-order valence-corrected chi connectivity index (χ1v) is 15.6. The summed E-state index contributed by atoms with van der Waals surface area (Å²) in [5, 5.41) is 4.53. The third-order valence-corrected chi connectivity index (χ3v) is 6.05. The monoisotopic (exact) mass is 491 g/mol. The van der Waals surface area contributed by atoms with Crippen LogP contribution in [0.5, 0.6) is 0 Å². The van der Waals surface area contributed by atoms with Crippen LogP contribution in [-0.2, 0) is 0 Å². The van der Waals surface area contributed by atoms with Gasteiger partial charge in [-0.15, -0.1) is 0 Å². The topological polar surface area (TPSA) is 0 Å². The van der Waals surface area contributed by atoms with Crippen LogP contribution in [0.25, 0.3) is 0 Å². The van der Waals surface area contributed by atoms with E-state index >= 15 is 0 Å². The van der Waals surface area contributed by atoms with E-state index in [1.165, 1.54) is 10.6 Å². The van der Waals surface area contributed by atoms with E-state index in [9.17, 15) is 0 Å². The van der Waals surface area contributed by atoms with E-state index in [-0.39, 0.29) is 23.6 Å². The Kier molecular flexibility index (Phi) is 7.36. The molecule has 0 unspecified atom stereocenters. The third-order valence-electron chi connectivity index (χ3n) is 3.22. The molecule has 0 aromatic heterocycles. The molecule has 1 radical (unpaired) electrons. The molecule has 0 spiro atoms. The molecule has 2 aromatic rings. The Morgan fingerprint density at radius 3 is 1.67 bits per heavy atom. The van der Waals surface area contributed by atoms with Crippen LogP contribution in [0.2, 0.25) is 9.17 Å². The number of benzene rings is 2. The summed E-state index contributed by atoms with van der Waals surface area (Å²) in [5.74, 6) is 0. The zero-order valence-corrected chi connectivity index (χ0v) is 17.1. The van der Waals surface area contributed by atoms with E-state index in [0.717, 1.165) is 6.42 Å². The normalized spacial score (nSPS) is 12.8. The average molecular weight is 491 g/mol. The molecule has 0 fully saturated rings. The van der Waals surface area contributed by atoms with Crippen molar-refractivity contribution < 1.29 is 0 Å². The van der Waals surface area contributed by atoms with Gasteiger partial charge in [0.05, 0.1) is 13.2 Å². The van der Waals surface area contributed by atoms with E-state index in [2.05, 4.69) is 88.1 Å². The van der Waals surface area contributed by atoms with Gasteiger partial charge in [-0.25, -0.2) is 0 Å². The van der Waals surface area contributed by atoms with Gasteiger partial charge in [-0.05, 0) is 30.3 Å². The maximum absolute atomic E-state index is 2.31. The fraction of sp³-hybridized carbons (Fsp3) is 0.158. The van der Waals surface area contributed by atoms with Gasteiger partial charge in [0.15, 0.2) is 0 Å². The van der Waals surface area contributed by atoms with Gasteiger partial charge in [-0.2, -0.15) is 0 Å². The van der Waals surface area contributed by atoms with Gasteiger partial charge < -0.3 is 0 Å². The fourth-order valence-electron chi connectivity index (χ4n) is 2.38. The van der Waals surface area contributed by atoms with E-state index in [1.807, 2.05) is 0 Å². The van der Waals surface area contributed by atoms with E-state index in [1.54, 1.807) is 5.31 Å². The minimum absolute atomic E-state index is 0.167. The van der Waals surface area contributed by atoms with Crippen LogP contribution in [0.3, 0.4) is 0 Å². The Bertz CT molecular complexity index is 548. The van der Waals surface area contributed by atoms with Crippen LogP contribution < -0.4 is 10.6 Å². The maximum atomic E-state index is 2.31. The molecular formula is C19H23PPo+. The summed E-state index contributed by atoms with van der Waals surface area (Å²) in [5.41, 5.74) is 0. The summed E-state index contributed by atoms with van der Waals surface area (Å²) >= 11 is 0.167. The molecule has 109 valence electrons. The number of hydrogen-bond acceptors (Lipinski definition) is 0. The van der Waals surface area contributed by atoms with E-state index < -0.39 is 7.92 Å². The summed E-state index contributed by atoms with van der Waals surface area (Å²) in [4.78, 5) is 0. The SMILES string of the molecule is C1=CCC([PH+](c2ccccc2)c2ccccc2)=C1.[CH3][PoH][CH3]. The van der Waals surface area contributed by atoms with Crippen molar-refractivity contribution >= 4 is 42.1 Å². The second kappa shape index (κ2) is 9.30. The van der Waals surface area contributed by atoms with Gasteiger partial charge in [0.1, 0.15) is 10.6 Å². The minimum atomic E-state index is -0.779. The Morgan fingerprint density at radius 2 is 1.29 bits per heavy atom. The van der Waals surface area contributed by atoms with Crippen LogP contribution in [0, 0.1) is 0 Å². The first kappa shape index (κ1) is 16.6. The van der Waals surface area contributed by atoms with Crippen LogP contribution >= 0.6 is 7.92 Å². The summed E-state index contributed by atoms with van der Waals surface area (Å²) in [6, 6.07) is 21.8. The molecule has 0 bridgehead atoms. The zero-order valence-electron chi connectivity index (χ0n) is 12.7. The number of rotatable bonds is 3. The summed E-state index contributed by atoms with van der Waals surface area (Å²) in [6.07, 6.45) is 7.85. The van der Waals surface area contributed by atoms with Crippen LogP contribution in [0.4, 0.5) is 0 Å². The van der Waals surface area contributed by atoms with Crippen molar-refractivity contribution in [1.82, 2.24) is 0 Å². The van der Waals surface area contributed by atoms with Crippen molar-refractivity contribution in [3.63, 3.8) is 0 Å². The van der Waals surface area contributed by atoms with Crippen molar-refractivity contribution in [1.29, 1.82) is 0 Å².